The lowest BCUT2D eigenvalue weighted by molar-refractivity contribution is 0.110. The third kappa shape index (κ3) is 2.83. The van der Waals surface area contributed by atoms with E-state index in [9.17, 15) is 13.2 Å². The monoisotopic (exact) mass is 320 g/mol. The Morgan fingerprint density at radius 1 is 1.05 bits per heavy atom. The minimum Gasteiger partial charge on any atom is -0.453 e. The summed E-state index contributed by atoms with van der Waals surface area (Å²) in [7, 11) is -3.45. The van der Waals surface area contributed by atoms with E-state index in [1.165, 1.54) is 4.31 Å². The van der Waals surface area contributed by atoms with Crippen LogP contribution in [0.25, 0.3) is 11.3 Å². The molecule has 0 bridgehead atoms. The summed E-state index contributed by atoms with van der Waals surface area (Å²) in [5.41, 5.74) is 0.729. The SMILES string of the molecule is O=Cc1ccc(-c2ccc(S(=O)(=O)N3CCNCC3)cc2)o1. The molecule has 7 heteroatoms. The van der Waals surface area contributed by atoms with Crippen molar-refractivity contribution >= 4 is 16.3 Å². The molecule has 6 nitrogen and oxygen atoms in total. The van der Waals surface area contributed by atoms with Crippen molar-refractivity contribution in [2.45, 2.75) is 4.90 Å². The van der Waals surface area contributed by atoms with E-state index in [2.05, 4.69) is 5.32 Å². The Morgan fingerprint density at radius 2 is 1.73 bits per heavy atom. The molecule has 1 N–H and O–H groups in total. The predicted octanol–water partition coefficient (Wildman–Crippen LogP) is 1.35. The fraction of sp³-hybridized carbons (Fsp3) is 0.267. The van der Waals surface area contributed by atoms with Gasteiger partial charge in [0.05, 0.1) is 4.90 Å². The molecule has 0 amide bonds. The molecule has 2 heterocycles. The largest absolute Gasteiger partial charge is 0.453 e. The van der Waals surface area contributed by atoms with Gasteiger partial charge < -0.3 is 9.73 Å². The maximum absolute atomic E-state index is 12.5. The molecule has 116 valence electrons. The fourth-order valence-electron chi connectivity index (χ4n) is 2.40. The summed E-state index contributed by atoms with van der Waals surface area (Å²) in [5, 5.41) is 3.13. The molecule has 1 fully saturated rings. The van der Waals surface area contributed by atoms with E-state index >= 15 is 0 Å². The normalized spacial score (nSPS) is 16.5. The van der Waals surface area contributed by atoms with E-state index in [0.29, 0.717) is 38.2 Å². The number of hydrogen-bond donors (Lipinski definition) is 1. The van der Waals surface area contributed by atoms with Gasteiger partial charge in [-0.2, -0.15) is 4.31 Å². The third-order valence-electron chi connectivity index (χ3n) is 3.60. The van der Waals surface area contributed by atoms with Crippen molar-refractivity contribution in [2.24, 2.45) is 0 Å². The number of hydrogen-bond acceptors (Lipinski definition) is 5. The summed E-state index contributed by atoms with van der Waals surface area (Å²) in [6.45, 7) is 2.28. The number of furan rings is 1. The van der Waals surface area contributed by atoms with Gasteiger partial charge in [0, 0.05) is 31.7 Å². The Hall–Kier alpha value is -1.96. The predicted molar refractivity (Wildman–Crippen MR) is 81.2 cm³/mol. The highest BCUT2D eigenvalue weighted by Gasteiger charge is 2.25. The molecule has 0 unspecified atom stereocenters. The number of aldehydes is 1. The molecular formula is C15H16N2O4S. The Balaban J connectivity index is 1.85. The summed E-state index contributed by atoms with van der Waals surface area (Å²) in [6.07, 6.45) is 0.632. The molecule has 1 aromatic heterocycles. The van der Waals surface area contributed by atoms with Crippen LogP contribution in [0.3, 0.4) is 0 Å². The Morgan fingerprint density at radius 3 is 2.32 bits per heavy atom. The maximum Gasteiger partial charge on any atom is 0.243 e. The Labute approximate surface area is 128 Å². The summed E-state index contributed by atoms with van der Waals surface area (Å²) in [4.78, 5) is 10.9. The van der Waals surface area contributed by atoms with E-state index in [-0.39, 0.29) is 10.7 Å². The van der Waals surface area contributed by atoms with Gasteiger partial charge in [-0.25, -0.2) is 8.42 Å². The molecule has 0 saturated carbocycles. The van der Waals surface area contributed by atoms with Gasteiger partial charge >= 0.3 is 0 Å². The Kier molecular flexibility index (Phi) is 4.10. The number of carbonyl (C=O) groups is 1. The van der Waals surface area contributed by atoms with Gasteiger partial charge in [0.1, 0.15) is 5.76 Å². The molecule has 1 saturated heterocycles. The highest BCUT2D eigenvalue weighted by atomic mass is 32.2. The van der Waals surface area contributed by atoms with Gasteiger partial charge in [0.25, 0.3) is 0 Å². The van der Waals surface area contributed by atoms with Crippen LogP contribution in [0.5, 0.6) is 0 Å². The maximum atomic E-state index is 12.5. The first-order chi connectivity index (χ1) is 10.6. The zero-order valence-electron chi connectivity index (χ0n) is 11.9. The second kappa shape index (κ2) is 6.04. The summed E-state index contributed by atoms with van der Waals surface area (Å²) in [6, 6.07) is 9.76. The first-order valence-corrected chi connectivity index (χ1v) is 8.41. The van der Waals surface area contributed by atoms with Crippen molar-refractivity contribution in [3.05, 3.63) is 42.2 Å². The number of piperazine rings is 1. The van der Waals surface area contributed by atoms with E-state index in [1.54, 1.807) is 36.4 Å². The first-order valence-electron chi connectivity index (χ1n) is 6.97. The van der Waals surface area contributed by atoms with Crippen molar-refractivity contribution in [3.8, 4) is 11.3 Å². The lowest BCUT2D eigenvalue weighted by atomic mass is 10.2. The van der Waals surface area contributed by atoms with Crippen LogP contribution in [0.15, 0.2) is 45.7 Å². The zero-order chi connectivity index (χ0) is 15.6. The van der Waals surface area contributed by atoms with Crippen LogP contribution in [0.2, 0.25) is 0 Å². The summed E-state index contributed by atoms with van der Waals surface area (Å²) < 4.78 is 31.8. The minimum atomic E-state index is -3.45. The van der Waals surface area contributed by atoms with Crippen LogP contribution in [-0.2, 0) is 10.0 Å². The van der Waals surface area contributed by atoms with Gasteiger partial charge in [-0.15, -0.1) is 0 Å². The van der Waals surface area contributed by atoms with Crippen LogP contribution < -0.4 is 5.32 Å². The standard InChI is InChI=1S/C15H16N2O4S/c18-11-13-3-6-15(21-13)12-1-4-14(5-2-12)22(19,20)17-9-7-16-8-10-17/h1-6,11,16H,7-10H2. The van der Waals surface area contributed by atoms with Crippen LogP contribution >= 0.6 is 0 Å². The van der Waals surface area contributed by atoms with Gasteiger partial charge in [-0.1, -0.05) is 0 Å². The van der Waals surface area contributed by atoms with Crippen molar-refractivity contribution in [2.75, 3.05) is 26.2 Å². The fourth-order valence-corrected chi connectivity index (χ4v) is 3.84. The number of nitrogens with zero attached hydrogens (tertiary/aromatic N) is 1. The molecule has 0 spiro atoms. The molecule has 1 aliphatic heterocycles. The van der Waals surface area contributed by atoms with Crippen LogP contribution in [-0.4, -0.2) is 45.2 Å². The number of sulfonamides is 1. The zero-order valence-corrected chi connectivity index (χ0v) is 12.7. The number of rotatable bonds is 4. The minimum absolute atomic E-state index is 0.243. The molecule has 0 radical (unpaired) electrons. The van der Waals surface area contributed by atoms with Gasteiger partial charge in [0.15, 0.2) is 12.0 Å². The quantitative estimate of drug-likeness (QED) is 0.860. The number of nitrogens with one attached hydrogen (secondary N) is 1. The van der Waals surface area contributed by atoms with E-state index in [1.807, 2.05) is 0 Å². The number of benzene rings is 1. The van der Waals surface area contributed by atoms with Gasteiger partial charge in [-0.05, 0) is 36.4 Å². The van der Waals surface area contributed by atoms with Gasteiger partial charge in [-0.3, -0.25) is 4.79 Å². The van der Waals surface area contributed by atoms with E-state index in [4.69, 9.17) is 4.42 Å². The Bertz CT molecular complexity index is 759. The van der Waals surface area contributed by atoms with E-state index < -0.39 is 10.0 Å². The molecule has 3 rings (SSSR count). The molecule has 2 aromatic rings. The summed E-state index contributed by atoms with van der Waals surface area (Å²) >= 11 is 0. The average molecular weight is 320 g/mol. The van der Waals surface area contributed by atoms with Gasteiger partial charge in [0.2, 0.25) is 10.0 Å². The van der Waals surface area contributed by atoms with Crippen LogP contribution in [0.1, 0.15) is 10.6 Å². The second-order valence-electron chi connectivity index (χ2n) is 5.00. The molecule has 0 aliphatic carbocycles. The highest BCUT2D eigenvalue weighted by Crippen LogP contribution is 2.24. The van der Waals surface area contributed by atoms with Crippen LogP contribution in [0, 0.1) is 0 Å². The molecular weight excluding hydrogens is 304 g/mol. The smallest absolute Gasteiger partial charge is 0.243 e. The molecule has 0 atom stereocenters. The lowest BCUT2D eigenvalue weighted by Gasteiger charge is -2.26. The molecule has 1 aromatic carbocycles. The van der Waals surface area contributed by atoms with Crippen molar-refractivity contribution in [1.29, 1.82) is 0 Å². The molecule has 1 aliphatic rings. The number of carbonyl (C=O) groups excluding carboxylic acids is 1. The summed E-state index contributed by atoms with van der Waals surface area (Å²) in [5.74, 6) is 0.778. The average Bonchev–Trinajstić information content (AvgIpc) is 3.05. The lowest BCUT2D eigenvalue weighted by Crippen LogP contribution is -2.46. The van der Waals surface area contributed by atoms with Crippen molar-refractivity contribution in [1.82, 2.24) is 9.62 Å². The van der Waals surface area contributed by atoms with Crippen molar-refractivity contribution < 1.29 is 17.6 Å². The van der Waals surface area contributed by atoms with Crippen molar-refractivity contribution in [3.63, 3.8) is 0 Å². The van der Waals surface area contributed by atoms with E-state index in [0.717, 1.165) is 5.56 Å². The topological polar surface area (TPSA) is 79.6 Å². The molecule has 22 heavy (non-hydrogen) atoms. The third-order valence-corrected chi connectivity index (χ3v) is 5.51. The second-order valence-corrected chi connectivity index (χ2v) is 6.94. The van der Waals surface area contributed by atoms with Crippen LogP contribution in [0.4, 0.5) is 0 Å². The highest BCUT2D eigenvalue weighted by molar-refractivity contribution is 7.89. The first kappa shape index (κ1) is 15.0.